The molecule has 2 rings (SSSR count). The number of hydrogen-bond acceptors (Lipinski definition) is 2. The highest BCUT2D eigenvalue weighted by atomic mass is 79.9. The Hall–Kier alpha value is -1.55. The Morgan fingerprint density at radius 3 is 2.28 bits per heavy atom. The van der Waals surface area contributed by atoms with Crippen LogP contribution in [0.2, 0.25) is 0 Å². The average Bonchev–Trinajstić information content (AvgIpc) is 2.30. The van der Waals surface area contributed by atoms with Crippen molar-refractivity contribution in [3.63, 3.8) is 0 Å². The lowest BCUT2D eigenvalue weighted by Crippen LogP contribution is -2.11. The Morgan fingerprint density at radius 2 is 1.72 bits per heavy atom. The van der Waals surface area contributed by atoms with E-state index >= 15 is 0 Å². The molecule has 0 fully saturated rings. The maximum absolute atomic E-state index is 11.5. The van der Waals surface area contributed by atoms with Crippen molar-refractivity contribution >= 4 is 15.9 Å². The van der Waals surface area contributed by atoms with E-state index in [9.17, 15) is 4.79 Å². The van der Waals surface area contributed by atoms with Crippen LogP contribution >= 0.6 is 15.9 Å². The number of nitrogens with zero attached hydrogens (tertiary/aromatic N) is 1. The van der Waals surface area contributed by atoms with E-state index in [1.165, 1.54) is 0 Å². The molecule has 2 aromatic rings. The van der Waals surface area contributed by atoms with Crippen LogP contribution in [-0.4, -0.2) is 11.7 Å². The van der Waals surface area contributed by atoms with Crippen molar-refractivity contribution in [2.45, 2.75) is 13.8 Å². The molecule has 0 aliphatic rings. The molecule has 1 aromatic carbocycles. The summed E-state index contributed by atoms with van der Waals surface area (Å²) >= 11 is 3.53. The molecule has 1 aromatic heterocycles. The van der Waals surface area contributed by atoms with Gasteiger partial charge in [0.2, 0.25) is 0 Å². The fourth-order valence-corrected chi connectivity index (χ4v) is 2.46. The summed E-state index contributed by atoms with van der Waals surface area (Å²) < 4.78 is 8.22. The SMILES string of the molecule is COc1ccc(Br)c(-n2c(C)cc(=O)cc2C)c1. The first-order chi connectivity index (χ1) is 8.52. The molecule has 0 bridgehead atoms. The van der Waals surface area contributed by atoms with Crippen molar-refractivity contribution < 1.29 is 4.74 Å². The number of hydrogen-bond donors (Lipinski definition) is 0. The number of aryl methyl sites for hydroxylation is 2. The second kappa shape index (κ2) is 4.98. The van der Waals surface area contributed by atoms with Crippen LogP contribution in [0.3, 0.4) is 0 Å². The molecule has 0 aliphatic carbocycles. The average molecular weight is 308 g/mol. The van der Waals surface area contributed by atoms with Gasteiger partial charge < -0.3 is 9.30 Å². The number of ether oxygens (including phenoxy) is 1. The van der Waals surface area contributed by atoms with Gasteiger partial charge in [0.05, 0.1) is 12.8 Å². The fraction of sp³-hybridized carbons (Fsp3) is 0.214. The predicted octanol–water partition coefficient (Wildman–Crippen LogP) is 3.23. The number of methoxy groups -OCH3 is 1. The zero-order valence-electron chi connectivity index (χ0n) is 10.5. The largest absolute Gasteiger partial charge is 0.497 e. The van der Waals surface area contributed by atoms with Gasteiger partial charge in [-0.2, -0.15) is 0 Å². The van der Waals surface area contributed by atoms with Crippen molar-refractivity contribution in [1.82, 2.24) is 4.57 Å². The summed E-state index contributed by atoms with van der Waals surface area (Å²) in [7, 11) is 1.64. The van der Waals surface area contributed by atoms with E-state index in [2.05, 4.69) is 15.9 Å². The van der Waals surface area contributed by atoms with Crippen LogP contribution in [-0.2, 0) is 0 Å². The maximum Gasteiger partial charge on any atom is 0.182 e. The summed E-state index contributed by atoms with van der Waals surface area (Å²) in [6.07, 6.45) is 0. The molecule has 4 heteroatoms. The second-order valence-corrected chi connectivity index (χ2v) is 4.98. The van der Waals surface area contributed by atoms with E-state index in [1.807, 2.05) is 36.6 Å². The molecule has 1 heterocycles. The molecule has 0 saturated heterocycles. The lowest BCUT2D eigenvalue weighted by molar-refractivity contribution is 0.414. The molecule has 0 saturated carbocycles. The summed E-state index contributed by atoms with van der Waals surface area (Å²) in [6, 6.07) is 9.01. The molecule has 0 atom stereocenters. The highest BCUT2D eigenvalue weighted by molar-refractivity contribution is 9.10. The standard InChI is InChI=1S/C14H14BrNO2/c1-9-6-11(17)7-10(2)16(9)14-8-12(18-3)4-5-13(14)15/h4-8H,1-3H3. The van der Waals surface area contributed by atoms with Crippen molar-refractivity contribution in [3.05, 3.63) is 56.4 Å². The minimum Gasteiger partial charge on any atom is -0.497 e. The molecule has 94 valence electrons. The van der Waals surface area contributed by atoms with E-state index in [1.54, 1.807) is 19.2 Å². The zero-order valence-corrected chi connectivity index (χ0v) is 12.1. The first-order valence-electron chi connectivity index (χ1n) is 5.57. The fourth-order valence-electron chi connectivity index (χ4n) is 2.03. The van der Waals surface area contributed by atoms with Gasteiger partial charge in [-0.05, 0) is 41.9 Å². The third-order valence-electron chi connectivity index (χ3n) is 2.80. The van der Waals surface area contributed by atoms with Gasteiger partial charge in [-0.3, -0.25) is 4.79 Å². The smallest absolute Gasteiger partial charge is 0.182 e. The number of halogens is 1. The van der Waals surface area contributed by atoms with Gasteiger partial charge in [0.25, 0.3) is 0 Å². The molecular formula is C14H14BrNO2. The number of benzene rings is 1. The Kier molecular flexibility index (Phi) is 3.57. The van der Waals surface area contributed by atoms with Gasteiger partial charge in [0, 0.05) is 34.1 Å². The molecular weight excluding hydrogens is 294 g/mol. The van der Waals surface area contributed by atoms with Gasteiger partial charge >= 0.3 is 0 Å². The van der Waals surface area contributed by atoms with Crippen LogP contribution in [0.5, 0.6) is 5.75 Å². The van der Waals surface area contributed by atoms with E-state index < -0.39 is 0 Å². The highest BCUT2D eigenvalue weighted by Crippen LogP contribution is 2.27. The van der Waals surface area contributed by atoms with Crippen molar-refractivity contribution in [2.75, 3.05) is 7.11 Å². The van der Waals surface area contributed by atoms with Crippen LogP contribution in [0.25, 0.3) is 5.69 Å². The Morgan fingerprint density at radius 1 is 1.11 bits per heavy atom. The van der Waals surface area contributed by atoms with Crippen molar-refractivity contribution in [3.8, 4) is 11.4 Å². The molecule has 0 radical (unpaired) electrons. The predicted molar refractivity (Wildman–Crippen MR) is 75.8 cm³/mol. The van der Waals surface area contributed by atoms with Crippen LogP contribution in [0, 0.1) is 13.8 Å². The lowest BCUT2D eigenvalue weighted by Gasteiger charge is -2.16. The number of rotatable bonds is 2. The summed E-state index contributed by atoms with van der Waals surface area (Å²) in [5.74, 6) is 0.783. The van der Waals surface area contributed by atoms with Crippen molar-refractivity contribution in [2.24, 2.45) is 0 Å². The van der Waals surface area contributed by atoms with Crippen LogP contribution in [0.15, 0.2) is 39.6 Å². The lowest BCUT2D eigenvalue weighted by atomic mass is 10.2. The van der Waals surface area contributed by atoms with Crippen molar-refractivity contribution in [1.29, 1.82) is 0 Å². The van der Waals surface area contributed by atoms with E-state index in [0.29, 0.717) is 0 Å². The first kappa shape index (κ1) is 12.9. The minimum absolute atomic E-state index is 0.0280. The quantitative estimate of drug-likeness (QED) is 0.853. The minimum atomic E-state index is 0.0280. The van der Waals surface area contributed by atoms with Gasteiger partial charge in [-0.25, -0.2) is 0 Å². The zero-order chi connectivity index (χ0) is 13.3. The summed E-state index contributed by atoms with van der Waals surface area (Å²) in [5, 5.41) is 0. The van der Waals surface area contributed by atoms with Crippen LogP contribution < -0.4 is 10.2 Å². The van der Waals surface area contributed by atoms with Crippen LogP contribution in [0.1, 0.15) is 11.4 Å². The first-order valence-corrected chi connectivity index (χ1v) is 6.36. The van der Waals surface area contributed by atoms with E-state index in [4.69, 9.17) is 4.74 Å². The van der Waals surface area contributed by atoms with E-state index in [0.717, 1.165) is 27.3 Å². The van der Waals surface area contributed by atoms with Gasteiger partial charge in [-0.1, -0.05) is 0 Å². The number of pyridine rings is 1. The third kappa shape index (κ3) is 2.34. The second-order valence-electron chi connectivity index (χ2n) is 4.13. The molecule has 0 spiro atoms. The topological polar surface area (TPSA) is 31.2 Å². The van der Waals surface area contributed by atoms with E-state index in [-0.39, 0.29) is 5.43 Å². The normalized spacial score (nSPS) is 10.4. The summed E-state index contributed by atoms with van der Waals surface area (Å²) in [6.45, 7) is 3.83. The molecule has 0 unspecified atom stereocenters. The summed E-state index contributed by atoms with van der Waals surface area (Å²) in [4.78, 5) is 11.5. The van der Waals surface area contributed by atoms with Gasteiger partial charge in [0.1, 0.15) is 5.75 Å². The molecule has 0 aliphatic heterocycles. The summed E-state index contributed by atoms with van der Waals surface area (Å²) in [5.41, 5.74) is 2.78. The maximum atomic E-state index is 11.5. The van der Waals surface area contributed by atoms with Gasteiger partial charge in [-0.15, -0.1) is 0 Å². The molecule has 18 heavy (non-hydrogen) atoms. The third-order valence-corrected chi connectivity index (χ3v) is 3.47. The number of aromatic nitrogens is 1. The Labute approximate surface area is 114 Å². The monoisotopic (exact) mass is 307 g/mol. The van der Waals surface area contributed by atoms with Crippen LogP contribution in [0.4, 0.5) is 0 Å². The molecule has 3 nitrogen and oxygen atoms in total. The molecule has 0 N–H and O–H groups in total. The Balaban J connectivity index is 2.72. The van der Waals surface area contributed by atoms with Gasteiger partial charge in [0.15, 0.2) is 5.43 Å². The molecule has 0 amide bonds. The Bertz CT molecular complexity index is 620. The highest BCUT2D eigenvalue weighted by Gasteiger charge is 2.08.